The quantitative estimate of drug-likeness (QED) is 0.916. The molecule has 0 saturated heterocycles. The van der Waals surface area contributed by atoms with Gasteiger partial charge in [-0.3, -0.25) is 4.79 Å². The molecule has 0 saturated carbocycles. The van der Waals surface area contributed by atoms with Crippen LogP contribution in [0.25, 0.3) is 0 Å². The molecule has 3 rings (SSSR count). The van der Waals surface area contributed by atoms with E-state index in [-0.39, 0.29) is 5.91 Å². The van der Waals surface area contributed by atoms with Crippen molar-refractivity contribution in [2.75, 3.05) is 20.2 Å². The van der Waals surface area contributed by atoms with Gasteiger partial charge in [-0.05, 0) is 47.5 Å². The number of amides is 1. The van der Waals surface area contributed by atoms with Crippen LogP contribution in [0.5, 0.6) is 5.75 Å². The molecule has 23 heavy (non-hydrogen) atoms. The van der Waals surface area contributed by atoms with Crippen LogP contribution in [-0.2, 0) is 13.1 Å². The first-order valence-corrected chi connectivity index (χ1v) is 7.97. The number of carbonyl (C=O) groups is 1. The zero-order chi connectivity index (χ0) is 16.2. The summed E-state index contributed by atoms with van der Waals surface area (Å²) in [7, 11) is 1.79. The highest BCUT2D eigenvalue weighted by molar-refractivity contribution is 6.30. The lowest BCUT2D eigenvalue weighted by atomic mass is 10.1. The average molecular weight is 331 g/mol. The summed E-state index contributed by atoms with van der Waals surface area (Å²) in [5, 5.41) is 3.96. The molecule has 1 aliphatic rings. The fourth-order valence-electron chi connectivity index (χ4n) is 2.58. The molecule has 1 amide bonds. The van der Waals surface area contributed by atoms with Crippen LogP contribution < -0.4 is 10.1 Å². The first kappa shape index (κ1) is 15.8. The minimum absolute atomic E-state index is 0.0133. The van der Waals surface area contributed by atoms with Gasteiger partial charge in [-0.2, -0.15) is 0 Å². The molecule has 0 unspecified atom stereocenters. The number of likely N-dealkylation sites (N-methyl/N-ethyl adjacent to an activating group) is 1. The van der Waals surface area contributed by atoms with Crippen molar-refractivity contribution in [3.63, 3.8) is 0 Å². The molecule has 1 aliphatic heterocycles. The number of benzene rings is 2. The summed E-state index contributed by atoms with van der Waals surface area (Å²) in [6.07, 6.45) is 0. The van der Waals surface area contributed by atoms with E-state index in [1.54, 1.807) is 24.1 Å². The Kier molecular flexibility index (Phi) is 4.84. The van der Waals surface area contributed by atoms with Gasteiger partial charge in [0.15, 0.2) is 0 Å². The topological polar surface area (TPSA) is 41.6 Å². The minimum Gasteiger partial charge on any atom is -0.492 e. The maximum Gasteiger partial charge on any atom is 0.253 e. The van der Waals surface area contributed by atoms with E-state index in [0.29, 0.717) is 18.2 Å². The molecule has 1 N–H and O–H groups in total. The van der Waals surface area contributed by atoms with Crippen LogP contribution in [0, 0.1) is 0 Å². The molecule has 120 valence electrons. The standard InChI is InChI=1S/C18H19ClN2O2/c1-21(8-9-23-17-6-4-16(19)5-7-17)18(22)13-2-3-14-11-20-12-15(14)10-13/h2-7,10,20H,8-9,11-12H2,1H3. The smallest absolute Gasteiger partial charge is 0.253 e. The number of hydrogen-bond acceptors (Lipinski definition) is 3. The Morgan fingerprint density at radius 2 is 1.91 bits per heavy atom. The molecule has 0 spiro atoms. The molecule has 2 aromatic carbocycles. The fourth-order valence-corrected chi connectivity index (χ4v) is 2.71. The van der Waals surface area contributed by atoms with Crippen LogP contribution in [0.3, 0.4) is 0 Å². The van der Waals surface area contributed by atoms with E-state index in [1.807, 2.05) is 30.3 Å². The Morgan fingerprint density at radius 3 is 2.70 bits per heavy atom. The number of carbonyl (C=O) groups excluding carboxylic acids is 1. The summed E-state index contributed by atoms with van der Waals surface area (Å²) < 4.78 is 5.63. The second kappa shape index (κ2) is 7.02. The highest BCUT2D eigenvalue weighted by Crippen LogP contribution is 2.18. The van der Waals surface area contributed by atoms with Crippen molar-refractivity contribution in [2.24, 2.45) is 0 Å². The number of nitrogens with one attached hydrogen (secondary N) is 1. The zero-order valence-electron chi connectivity index (χ0n) is 13.0. The average Bonchev–Trinajstić information content (AvgIpc) is 3.03. The van der Waals surface area contributed by atoms with Gasteiger partial charge in [-0.15, -0.1) is 0 Å². The largest absolute Gasteiger partial charge is 0.492 e. The van der Waals surface area contributed by atoms with Crippen molar-refractivity contribution in [3.8, 4) is 5.75 Å². The molecule has 0 aliphatic carbocycles. The van der Waals surface area contributed by atoms with Gasteiger partial charge in [0, 0.05) is 30.7 Å². The van der Waals surface area contributed by atoms with Gasteiger partial charge in [0.25, 0.3) is 5.91 Å². The van der Waals surface area contributed by atoms with E-state index in [1.165, 1.54) is 11.1 Å². The third-order valence-electron chi connectivity index (χ3n) is 3.94. The zero-order valence-corrected chi connectivity index (χ0v) is 13.8. The van der Waals surface area contributed by atoms with E-state index in [0.717, 1.165) is 24.4 Å². The second-order valence-corrected chi connectivity index (χ2v) is 6.05. The Balaban J connectivity index is 1.54. The summed E-state index contributed by atoms with van der Waals surface area (Å²) in [6.45, 7) is 2.68. The Hall–Kier alpha value is -2.04. The molecule has 0 radical (unpaired) electrons. The van der Waals surface area contributed by atoms with Crippen molar-refractivity contribution < 1.29 is 9.53 Å². The minimum atomic E-state index is 0.0133. The van der Waals surface area contributed by atoms with E-state index < -0.39 is 0 Å². The van der Waals surface area contributed by atoms with Gasteiger partial charge in [0.1, 0.15) is 12.4 Å². The molecule has 2 aromatic rings. The normalized spacial score (nSPS) is 12.8. The molecule has 4 nitrogen and oxygen atoms in total. The molecular formula is C18H19ClN2O2. The van der Waals surface area contributed by atoms with Crippen LogP contribution in [0.1, 0.15) is 21.5 Å². The predicted octanol–water partition coefficient (Wildman–Crippen LogP) is 3.09. The second-order valence-electron chi connectivity index (χ2n) is 5.62. The van der Waals surface area contributed by atoms with Gasteiger partial charge in [-0.1, -0.05) is 17.7 Å². The van der Waals surface area contributed by atoms with Gasteiger partial charge in [-0.25, -0.2) is 0 Å². The van der Waals surface area contributed by atoms with E-state index >= 15 is 0 Å². The highest BCUT2D eigenvalue weighted by Gasteiger charge is 2.16. The number of rotatable bonds is 5. The lowest BCUT2D eigenvalue weighted by Gasteiger charge is -2.18. The lowest BCUT2D eigenvalue weighted by Crippen LogP contribution is -2.30. The van der Waals surface area contributed by atoms with Gasteiger partial charge < -0.3 is 15.0 Å². The third-order valence-corrected chi connectivity index (χ3v) is 4.19. The van der Waals surface area contributed by atoms with Crippen LogP contribution in [0.2, 0.25) is 5.02 Å². The molecular weight excluding hydrogens is 312 g/mol. The van der Waals surface area contributed by atoms with Gasteiger partial charge in [0.05, 0.1) is 6.54 Å². The van der Waals surface area contributed by atoms with Gasteiger partial charge >= 0.3 is 0 Å². The number of nitrogens with zero attached hydrogens (tertiary/aromatic N) is 1. The number of halogens is 1. The van der Waals surface area contributed by atoms with Crippen LogP contribution in [0.15, 0.2) is 42.5 Å². The maximum atomic E-state index is 12.5. The molecule has 1 heterocycles. The first-order valence-electron chi connectivity index (χ1n) is 7.60. The third kappa shape index (κ3) is 3.84. The van der Waals surface area contributed by atoms with Crippen molar-refractivity contribution in [1.29, 1.82) is 0 Å². The van der Waals surface area contributed by atoms with E-state index in [9.17, 15) is 4.79 Å². The summed E-state index contributed by atoms with van der Waals surface area (Å²) >= 11 is 5.83. The van der Waals surface area contributed by atoms with Crippen LogP contribution in [-0.4, -0.2) is 31.0 Å². The first-order chi connectivity index (χ1) is 11.1. The fraction of sp³-hybridized carbons (Fsp3) is 0.278. The summed E-state index contributed by atoms with van der Waals surface area (Å²) in [4.78, 5) is 14.1. The monoisotopic (exact) mass is 330 g/mol. The van der Waals surface area contributed by atoms with Crippen LogP contribution in [0.4, 0.5) is 0 Å². The van der Waals surface area contributed by atoms with Crippen molar-refractivity contribution in [1.82, 2.24) is 10.2 Å². The number of fused-ring (bicyclic) bond motifs is 1. The summed E-state index contributed by atoms with van der Waals surface area (Å²) in [6, 6.07) is 13.1. The van der Waals surface area contributed by atoms with Crippen molar-refractivity contribution >= 4 is 17.5 Å². The molecule has 0 bridgehead atoms. The van der Waals surface area contributed by atoms with E-state index in [4.69, 9.17) is 16.3 Å². The Bertz CT molecular complexity index is 701. The SMILES string of the molecule is CN(CCOc1ccc(Cl)cc1)C(=O)c1ccc2c(c1)CNC2. The van der Waals surface area contributed by atoms with Crippen molar-refractivity contribution in [2.45, 2.75) is 13.1 Å². The lowest BCUT2D eigenvalue weighted by molar-refractivity contribution is 0.0773. The predicted molar refractivity (Wildman–Crippen MR) is 90.9 cm³/mol. The molecule has 0 atom stereocenters. The molecule has 0 fully saturated rings. The van der Waals surface area contributed by atoms with Crippen LogP contribution >= 0.6 is 11.6 Å². The Labute approximate surface area is 141 Å². The number of hydrogen-bond donors (Lipinski definition) is 1. The van der Waals surface area contributed by atoms with Gasteiger partial charge in [0.2, 0.25) is 0 Å². The highest BCUT2D eigenvalue weighted by atomic mass is 35.5. The molecule has 5 heteroatoms. The number of ether oxygens (including phenoxy) is 1. The van der Waals surface area contributed by atoms with Crippen molar-refractivity contribution in [3.05, 3.63) is 64.2 Å². The van der Waals surface area contributed by atoms with E-state index in [2.05, 4.69) is 5.32 Å². The maximum absolute atomic E-state index is 12.5. The Morgan fingerprint density at radius 1 is 1.17 bits per heavy atom. The molecule has 0 aromatic heterocycles. The summed E-state index contributed by atoms with van der Waals surface area (Å²) in [5.74, 6) is 0.762. The summed E-state index contributed by atoms with van der Waals surface area (Å²) in [5.41, 5.74) is 3.21.